The topological polar surface area (TPSA) is 92.5 Å². The summed E-state index contributed by atoms with van der Waals surface area (Å²) in [7, 11) is 1.40. The van der Waals surface area contributed by atoms with E-state index < -0.39 is 11.8 Å². The molecule has 0 bridgehead atoms. The molecule has 0 saturated heterocycles. The second-order valence-electron chi connectivity index (χ2n) is 4.98. The third-order valence-corrected chi connectivity index (χ3v) is 3.52. The molecule has 2 aromatic carbocycles. The van der Waals surface area contributed by atoms with Gasteiger partial charge < -0.3 is 11.1 Å². The number of anilines is 2. The summed E-state index contributed by atoms with van der Waals surface area (Å²) in [4.78, 5) is 37.0. The van der Waals surface area contributed by atoms with Crippen LogP contribution in [0.1, 0.15) is 31.1 Å². The van der Waals surface area contributed by atoms with Crippen molar-refractivity contribution in [2.24, 2.45) is 0 Å². The molecule has 0 atom stereocenters. The van der Waals surface area contributed by atoms with Gasteiger partial charge in [-0.15, -0.1) is 0 Å². The zero-order chi connectivity index (χ0) is 15.9. The fraction of sp³-hybridized carbons (Fsp3) is 0.0625. The van der Waals surface area contributed by atoms with Gasteiger partial charge in [-0.1, -0.05) is 18.2 Å². The van der Waals surface area contributed by atoms with E-state index in [4.69, 9.17) is 5.73 Å². The Morgan fingerprint density at radius 1 is 1.09 bits per heavy atom. The summed E-state index contributed by atoms with van der Waals surface area (Å²) in [6.07, 6.45) is 0. The van der Waals surface area contributed by atoms with Crippen molar-refractivity contribution in [2.45, 2.75) is 0 Å². The monoisotopic (exact) mass is 295 g/mol. The fourth-order valence-corrected chi connectivity index (χ4v) is 2.38. The maximum atomic E-state index is 12.1. The SMILES string of the molecule is CN1C(=O)c2cc(NC(=O)c3ccccc3)cc(N)c2C1=O. The third kappa shape index (κ3) is 2.10. The van der Waals surface area contributed by atoms with Gasteiger partial charge >= 0.3 is 0 Å². The highest BCUT2D eigenvalue weighted by atomic mass is 16.2. The standard InChI is InChI=1S/C16H13N3O3/c1-19-15(21)11-7-10(8-12(17)13(11)16(19)22)18-14(20)9-5-3-2-4-6-9/h2-8H,17H2,1H3,(H,18,20). The van der Waals surface area contributed by atoms with Crippen LogP contribution in [0.4, 0.5) is 11.4 Å². The van der Waals surface area contributed by atoms with Gasteiger partial charge in [-0.3, -0.25) is 19.3 Å². The molecule has 6 heteroatoms. The zero-order valence-electron chi connectivity index (χ0n) is 11.8. The summed E-state index contributed by atoms with van der Waals surface area (Å²) in [6.45, 7) is 0. The number of carbonyl (C=O) groups excluding carboxylic acids is 3. The maximum Gasteiger partial charge on any atom is 0.263 e. The minimum absolute atomic E-state index is 0.170. The number of amides is 3. The van der Waals surface area contributed by atoms with Crippen LogP contribution < -0.4 is 11.1 Å². The van der Waals surface area contributed by atoms with E-state index in [2.05, 4.69) is 5.32 Å². The van der Waals surface area contributed by atoms with Crippen LogP contribution in [-0.4, -0.2) is 29.7 Å². The van der Waals surface area contributed by atoms with Gasteiger partial charge in [-0.2, -0.15) is 0 Å². The van der Waals surface area contributed by atoms with Crippen LogP contribution in [-0.2, 0) is 0 Å². The normalized spacial score (nSPS) is 13.2. The van der Waals surface area contributed by atoms with E-state index in [0.717, 1.165) is 4.90 Å². The molecule has 0 radical (unpaired) electrons. The summed E-state index contributed by atoms with van der Waals surface area (Å²) in [5.41, 5.74) is 7.27. The number of nitrogens with zero attached hydrogens (tertiary/aromatic N) is 1. The van der Waals surface area contributed by atoms with Crippen LogP contribution >= 0.6 is 0 Å². The molecule has 22 heavy (non-hydrogen) atoms. The van der Waals surface area contributed by atoms with Crippen LogP contribution in [0.25, 0.3) is 0 Å². The van der Waals surface area contributed by atoms with Crippen molar-refractivity contribution in [3.05, 3.63) is 59.2 Å². The number of carbonyl (C=O) groups is 3. The molecule has 1 aliphatic heterocycles. The van der Waals surface area contributed by atoms with E-state index in [0.29, 0.717) is 11.3 Å². The van der Waals surface area contributed by atoms with E-state index in [-0.39, 0.29) is 22.7 Å². The van der Waals surface area contributed by atoms with Crippen LogP contribution in [0.15, 0.2) is 42.5 Å². The molecular weight excluding hydrogens is 282 g/mol. The molecule has 110 valence electrons. The minimum Gasteiger partial charge on any atom is -0.398 e. The van der Waals surface area contributed by atoms with Crippen molar-refractivity contribution >= 4 is 29.1 Å². The summed E-state index contributed by atoms with van der Waals surface area (Å²) in [5.74, 6) is -1.17. The summed E-state index contributed by atoms with van der Waals surface area (Å²) in [5, 5.41) is 2.68. The van der Waals surface area contributed by atoms with E-state index in [9.17, 15) is 14.4 Å². The highest BCUT2D eigenvalue weighted by Crippen LogP contribution is 2.30. The smallest absolute Gasteiger partial charge is 0.263 e. The van der Waals surface area contributed by atoms with E-state index in [1.54, 1.807) is 24.3 Å². The molecule has 1 heterocycles. The number of benzene rings is 2. The van der Waals surface area contributed by atoms with Gasteiger partial charge in [-0.05, 0) is 24.3 Å². The molecule has 0 fully saturated rings. The highest BCUT2D eigenvalue weighted by molar-refractivity contribution is 6.24. The van der Waals surface area contributed by atoms with Gasteiger partial charge in [0, 0.05) is 24.0 Å². The van der Waals surface area contributed by atoms with Crippen LogP contribution in [0, 0.1) is 0 Å². The summed E-state index contributed by atoms with van der Waals surface area (Å²) < 4.78 is 0. The van der Waals surface area contributed by atoms with Crippen molar-refractivity contribution in [1.29, 1.82) is 0 Å². The van der Waals surface area contributed by atoms with Gasteiger partial charge in [-0.25, -0.2) is 0 Å². The van der Waals surface area contributed by atoms with Crippen LogP contribution in [0.2, 0.25) is 0 Å². The van der Waals surface area contributed by atoms with Gasteiger partial charge in [0.2, 0.25) is 0 Å². The lowest BCUT2D eigenvalue weighted by Crippen LogP contribution is -2.24. The largest absolute Gasteiger partial charge is 0.398 e. The molecule has 3 rings (SSSR count). The Morgan fingerprint density at radius 2 is 1.77 bits per heavy atom. The lowest BCUT2D eigenvalue weighted by Gasteiger charge is -2.08. The first-order chi connectivity index (χ1) is 10.5. The molecule has 0 saturated carbocycles. The number of nitrogens with one attached hydrogen (secondary N) is 1. The molecule has 1 aliphatic rings. The van der Waals surface area contributed by atoms with Crippen LogP contribution in [0.5, 0.6) is 0 Å². The predicted octanol–water partition coefficient (Wildman–Crippen LogP) is 1.75. The predicted molar refractivity (Wildman–Crippen MR) is 81.7 cm³/mol. The lowest BCUT2D eigenvalue weighted by atomic mass is 10.1. The fourth-order valence-electron chi connectivity index (χ4n) is 2.38. The molecule has 6 nitrogen and oxygen atoms in total. The number of hydrogen-bond acceptors (Lipinski definition) is 4. The van der Waals surface area contributed by atoms with E-state index >= 15 is 0 Å². The Balaban J connectivity index is 1.95. The molecule has 0 spiro atoms. The molecular formula is C16H13N3O3. The molecule has 3 amide bonds. The second kappa shape index (κ2) is 5.00. The highest BCUT2D eigenvalue weighted by Gasteiger charge is 2.35. The molecule has 0 aliphatic carbocycles. The molecule has 0 unspecified atom stereocenters. The third-order valence-electron chi connectivity index (χ3n) is 3.52. The quantitative estimate of drug-likeness (QED) is 0.652. The van der Waals surface area contributed by atoms with Crippen molar-refractivity contribution in [3.8, 4) is 0 Å². The Hall–Kier alpha value is -3.15. The molecule has 3 N–H and O–H groups in total. The summed E-state index contributed by atoms with van der Waals surface area (Å²) in [6, 6.07) is 11.6. The van der Waals surface area contributed by atoms with Crippen molar-refractivity contribution < 1.29 is 14.4 Å². The Bertz CT molecular complexity index is 800. The zero-order valence-corrected chi connectivity index (χ0v) is 11.8. The molecule has 0 aromatic heterocycles. The molecule has 2 aromatic rings. The van der Waals surface area contributed by atoms with Gasteiger partial charge in [0.15, 0.2) is 0 Å². The first kappa shape index (κ1) is 13.8. The van der Waals surface area contributed by atoms with E-state index in [1.165, 1.54) is 19.2 Å². The van der Waals surface area contributed by atoms with Gasteiger partial charge in [0.05, 0.1) is 11.1 Å². The average Bonchev–Trinajstić information content (AvgIpc) is 2.73. The minimum atomic E-state index is -0.432. The Labute approximate surface area is 126 Å². The van der Waals surface area contributed by atoms with Crippen molar-refractivity contribution in [3.63, 3.8) is 0 Å². The maximum absolute atomic E-state index is 12.1. The number of hydrogen-bond donors (Lipinski definition) is 2. The number of nitrogen functional groups attached to an aromatic ring is 1. The van der Waals surface area contributed by atoms with Gasteiger partial charge in [0.25, 0.3) is 17.7 Å². The van der Waals surface area contributed by atoms with Crippen LogP contribution in [0.3, 0.4) is 0 Å². The lowest BCUT2D eigenvalue weighted by molar-refractivity contribution is 0.0693. The van der Waals surface area contributed by atoms with Gasteiger partial charge in [0.1, 0.15) is 0 Å². The number of rotatable bonds is 2. The number of nitrogens with two attached hydrogens (primary N) is 1. The first-order valence-corrected chi connectivity index (χ1v) is 6.61. The average molecular weight is 295 g/mol. The van der Waals surface area contributed by atoms with E-state index in [1.807, 2.05) is 6.07 Å². The summed E-state index contributed by atoms with van der Waals surface area (Å²) >= 11 is 0. The van der Waals surface area contributed by atoms with Crippen molar-refractivity contribution in [2.75, 3.05) is 18.1 Å². The first-order valence-electron chi connectivity index (χ1n) is 6.61. The Morgan fingerprint density at radius 3 is 2.45 bits per heavy atom. The second-order valence-corrected chi connectivity index (χ2v) is 4.98. The number of imide groups is 1. The Kier molecular flexibility index (Phi) is 3.14. The number of fused-ring (bicyclic) bond motifs is 1. The van der Waals surface area contributed by atoms with Crippen molar-refractivity contribution in [1.82, 2.24) is 4.90 Å².